The molecule has 3 rings (SSSR count). The van der Waals surface area contributed by atoms with E-state index in [2.05, 4.69) is 21.6 Å². The van der Waals surface area contributed by atoms with E-state index in [1.807, 2.05) is 26.0 Å². The predicted octanol–water partition coefficient (Wildman–Crippen LogP) is 4.35. The smallest absolute Gasteiger partial charge is 0.349 e. The van der Waals surface area contributed by atoms with E-state index in [9.17, 15) is 14.4 Å². The van der Waals surface area contributed by atoms with E-state index >= 15 is 0 Å². The Bertz CT molecular complexity index is 1120. The van der Waals surface area contributed by atoms with Crippen molar-refractivity contribution in [2.75, 3.05) is 0 Å². The standard InChI is InChI=1S/C22H21FN4O3/c1-4-9-27-14(2)10-17(15(27)3)11-18(12-24)22(28)29-13-20-25-21(26-30-20)16-5-7-19(23)8-6-16/h5-8,10-11H,4,9,13H2,1-3H3/b18-11+. The average molecular weight is 408 g/mol. The Morgan fingerprint density at radius 3 is 2.73 bits per heavy atom. The molecule has 0 atom stereocenters. The van der Waals surface area contributed by atoms with Crippen molar-refractivity contribution in [3.8, 4) is 17.5 Å². The number of hydrogen-bond acceptors (Lipinski definition) is 6. The first-order valence-corrected chi connectivity index (χ1v) is 9.47. The number of nitrogens with zero attached hydrogens (tertiary/aromatic N) is 4. The third-order valence-corrected chi connectivity index (χ3v) is 4.60. The maximum Gasteiger partial charge on any atom is 0.349 e. The molecule has 0 unspecified atom stereocenters. The molecule has 7 nitrogen and oxygen atoms in total. The molecule has 0 fully saturated rings. The Hall–Kier alpha value is -3.73. The van der Waals surface area contributed by atoms with Crippen molar-refractivity contribution in [3.63, 3.8) is 0 Å². The minimum atomic E-state index is -0.778. The first-order chi connectivity index (χ1) is 14.4. The third kappa shape index (κ3) is 4.63. The van der Waals surface area contributed by atoms with E-state index in [0.717, 1.165) is 29.9 Å². The summed E-state index contributed by atoms with van der Waals surface area (Å²) in [6.07, 6.45) is 2.51. The summed E-state index contributed by atoms with van der Waals surface area (Å²) in [5, 5.41) is 13.2. The van der Waals surface area contributed by atoms with Crippen LogP contribution in [0.2, 0.25) is 0 Å². The van der Waals surface area contributed by atoms with E-state index in [4.69, 9.17) is 9.26 Å². The second-order valence-corrected chi connectivity index (χ2v) is 6.74. The molecule has 154 valence electrons. The second-order valence-electron chi connectivity index (χ2n) is 6.74. The van der Waals surface area contributed by atoms with Gasteiger partial charge in [0.1, 0.15) is 17.5 Å². The first kappa shape index (κ1) is 21.0. The number of halogens is 1. The van der Waals surface area contributed by atoms with Gasteiger partial charge in [0.05, 0.1) is 0 Å². The van der Waals surface area contributed by atoms with Gasteiger partial charge in [-0.1, -0.05) is 12.1 Å². The lowest BCUT2D eigenvalue weighted by Gasteiger charge is -2.07. The van der Waals surface area contributed by atoms with Gasteiger partial charge in [0.25, 0.3) is 5.89 Å². The van der Waals surface area contributed by atoms with Crippen LogP contribution in [0.4, 0.5) is 4.39 Å². The molecule has 0 aliphatic carbocycles. The van der Waals surface area contributed by atoms with Gasteiger partial charge in [-0.3, -0.25) is 0 Å². The largest absolute Gasteiger partial charge is 0.451 e. The predicted molar refractivity (Wildman–Crippen MR) is 107 cm³/mol. The summed E-state index contributed by atoms with van der Waals surface area (Å²) in [4.78, 5) is 16.5. The number of nitriles is 1. The number of esters is 1. The van der Waals surface area contributed by atoms with Crippen molar-refractivity contribution in [2.24, 2.45) is 0 Å². The molecule has 2 heterocycles. The van der Waals surface area contributed by atoms with Crippen LogP contribution in [0, 0.1) is 31.0 Å². The van der Waals surface area contributed by atoms with Crippen molar-refractivity contribution in [3.05, 3.63) is 64.6 Å². The van der Waals surface area contributed by atoms with Gasteiger partial charge in [-0.05, 0) is 62.2 Å². The van der Waals surface area contributed by atoms with Crippen LogP contribution in [0.1, 0.15) is 36.2 Å². The summed E-state index contributed by atoms with van der Waals surface area (Å²) >= 11 is 0. The molecule has 30 heavy (non-hydrogen) atoms. The fraction of sp³-hybridized carbons (Fsp3) is 0.273. The number of hydrogen-bond donors (Lipinski definition) is 0. The second kappa shape index (κ2) is 9.18. The molecule has 1 aromatic carbocycles. The molecule has 0 spiro atoms. The van der Waals surface area contributed by atoms with Crippen LogP contribution in [-0.4, -0.2) is 20.7 Å². The quantitative estimate of drug-likeness (QED) is 0.328. The molecule has 8 heteroatoms. The average Bonchev–Trinajstić information content (AvgIpc) is 3.31. The van der Waals surface area contributed by atoms with Gasteiger partial charge in [0.2, 0.25) is 5.82 Å². The highest BCUT2D eigenvalue weighted by atomic mass is 19.1. The summed E-state index contributed by atoms with van der Waals surface area (Å²) in [6, 6.07) is 9.42. The monoisotopic (exact) mass is 408 g/mol. The molecular formula is C22H21FN4O3. The van der Waals surface area contributed by atoms with Gasteiger partial charge in [-0.2, -0.15) is 10.2 Å². The lowest BCUT2D eigenvalue weighted by atomic mass is 10.1. The fourth-order valence-corrected chi connectivity index (χ4v) is 3.07. The summed E-state index contributed by atoms with van der Waals surface area (Å²) in [5.74, 6) is -0.830. The Balaban J connectivity index is 1.69. The first-order valence-electron chi connectivity index (χ1n) is 9.47. The van der Waals surface area contributed by atoms with Gasteiger partial charge in [-0.15, -0.1) is 0 Å². The Morgan fingerprint density at radius 1 is 1.33 bits per heavy atom. The molecule has 0 saturated carbocycles. The minimum absolute atomic E-state index is 0.0705. The maximum absolute atomic E-state index is 13.0. The van der Waals surface area contributed by atoms with Gasteiger partial charge in [0.15, 0.2) is 6.61 Å². The molecular weight excluding hydrogens is 387 g/mol. The zero-order valence-corrected chi connectivity index (χ0v) is 17.0. The Labute approximate surface area is 173 Å². The highest BCUT2D eigenvalue weighted by molar-refractivity contribution is 5.98. The molecule has 0 bridgehead atoms. The van der Waals surface area contributed by atoms with E-state index in [0.29, 0.717) is 5.56 Å². The molecule has 0 radical (unpaired) electrons. The third-order valence-electron chi connectivity index (χ3n) is 4.60. The summed E-state index contributed by atoms with van der Waals surface area (Å²) in [6.45, 7) is 6.61. The normalized spacial score (nSPS) is 11.4. The molecule has 0 aliphatic heterocycles. The van der Waals surface area contributed by atoms with Crippen molar-refractivity contribution >= 4 is 12.0 Å². The number of rotatable bonds is 7. The van der Waals surface area contributed by atoms with Gasteiger partial charge in [-0.25, -0.2) is 9.18 Å². The lowest BCUT2D eigenvalue weighted by Crippen LogP contribution is -2.07. The summed E-state index contributed by atoms with van der Waals surface area (Å²) in [7, 11) is 0. The SMILES string of the molecule is CCCn1c(C)cc(/C=C(\C#N)C(=O)OCc2nc(-c3ccc(F)cc3)no2)c1C. The molecule has 0 aliphatic rings. The number of benzene rings is 1. The van der Waals surface area contributed by atoms with E-state index in [1.165, 1.54) is 30.3 Å². The minimum Gasteiger partial charge on any atom is -0.451 e. The van der Waals surface area contributed by atoms with E-state index < -0.39 is 5.97 Å². The number of aromatic nitrogens is 3. The summed E-state index contributed by atoms with van der Waals surface area (Å²) < 4.78 is 25.4. The van der Waals surface area contributed by atoms with Crippen molar-refractivity contribution < 1.29 is 18.4 Å². The van der Waals surface area contributed by atoms with Crippen molar-refractivity contribution in [1.82, 2.24) is 14.7 Å². The van der Waals surface area contributed by atoms with Crippen LogP contribution in [0.25, 0.3) is 17.5 Å². The van der Waals surface area contributed by atoms with E-state index in [-0.39, 0.29) is 29.7 Å². The zero-order chi connectivity index (χ0) is 21.7. The number of aryl methyl sites for hydroxylation is 1. The number of carbonyl (C=O) groups is 1. The van der Waals surface area contributed by atoms with Crippen molar-refractivity contribution in [2.45, 2.75) is 40.3 Å². The molecule has 0 saturated heterocycles. The number of carbonyl (C=O) groups excluding carboxylic acids is 1. The van der Waals surface area contributed by atoms with Crippen molar-refractivity contribution in [1.29, 1.82) is 5.26 Å². The zero-order valence-electron chi connectivity index (χ0n) is 17.0. The topological polar surface area (TPSA) is 93.9 Å². The number of ether oxygens (including phenoxy) is 1. The van der Waals surface area contributed by atoms with Gasteiger partial charge < -0.3 is 13.8 Å². The molecule has 0 N–H and O–H groups in total. The van der Waals surface area contributed by atoms with Gasteiger partial charge in [0, 0.05) is 23.5 Å². The van der Waals surface area contributed by atoms with Crippen LogP contribution in [0.15, 0.2) is 40.4 Å². The lowest BCUT2D eigenvalue weighted by molar-refractivity contribution is -0.140. The van der Waals surface area contributed by atoms with Crippen LogP contribution in [0.5, 0.6) is 0 Å². The maximum atomic E-state index is 13.0. The van der Waals surface area contributed by atoms with E-state index in [1.54, 1.807) is 0 Å². The van der Waals surface area contributed by atoms with Gasteiger partial charge >= 0.3 is 5.97 Å². The molecule has 3 aromatic rings. The highest BCUT2D eigenvalue weighted by Crippen LogP contribution is 2.20. The highest BCUT2D eigenvalue weighted by Gasteiger charge is 2.16. The van der Waals surface area contributed by atoms with Crippen LogP contribution in [0.3, 0.4) is 0 Å². The van der Waals surface area contributed by atoms with Crippen LogP contribution >= 0.6 is 0 Å². The summed E-state index contributed by atoms with van der Waals surface area (Å²) in [5.41, 5.74) is 3.29. The molecule has 0 amide bonds. The fourth-order valence-electron chi connectivity index (χ4n) is 3.07. The molecule has 2 aromatic heterocycles. The Kier molecular flexibility index (Phi) is 6.42. The van der Waals surface area contributed by atoms with Crippen LogP contribution in [-0.2, 0) is 22.7 Å². The van der Waals surface area contributed by atoms with Crippen LogP contribution < -0.4 is 0 Å². The Morgan fingerprint density at radius 2 is 2.07 bits per heavy atom.